The van der Waals surface area contributed by atoms with Crippen LogP contribution in [-0.4, -0.2) is 46.7 Å². The first-order chi connectivity index (χ1) is 13.5. The fraction of sp³-hybridized carbons (Fsp3) is 0.333. The molecule has 2 aromatic rings. The maximum absolute atomic E-state index is 13.0. The summed E-state index contributed by atoms with van der Waals surface area (Å²) in [5.74, 6) is 0.333. The first kappa shape index (κ1) is 19.0. The Bertz CT molecular complexity index is 919. The van der Waals surface area contributed by atoms with Crippen LogP contribution in [-0.2, 0) is 17.6 Å². The van der Waals surface area contributed by atoms with Gasteiger partial charge in [-0.25, -0.2) is 4.79 Å². The first-order valence-electron chi connectivity index (χ1n) is 9.24. The standard InChI is InChI=1S/C21H21BrN2O4/c22-16-6-3-7-18(10-16)28-13-17(25)12-24-19(26)21(23-20(24)27)9-8-14-4-1-2-5-15(14)11-21/h1-7,10,17,25H,8-9,11-13H2,(H,23,27). The second-order valence-corrected chi connectivity index (χ2v) is 8.21. The Morgan fingerprint density at radius 3 is 2.75 bits per heavy atom. The highest BCUT2D eigenvalue weighted by atomic mass is 79.9. The summed E-state index contributed by atoms with van der Waals surface area (Å²) in [4.78, 5) is 26.6. The molecule has 7 heteroatoms. The van der Waals surface area contributed by atoms with E-state index < -0.39 is 17.7 Å². The molecule has 1 heterocycles. The summed E-state index contributed by atoms with van der Waals surface area (Å²) in [6.45, 7) is -0.106. The van der Waals surface area contributed by atoms with Gasteiger partial charge in [0.05, 0.1) is 6.54 Å². The fourth-order valence-electron chi connectivity index (χ4n) is 3.88. The molecule has 1 fully saturated rings. The van der Waals surface area contributed by atoms with Crippen LogP contribution in [0.25, 0.3) is 0 Å². The number of aryl methyl sites for hydroxylation is 1. The van der Waals surface area contributed by atoms with E-state index in [1.807, 2.05) is 30.3 Å². The third-order valence-corrected chi connectivity index (χ3v) is 5.80. The molecule has 2 N–H and O–H groups in total. The number of rotatable bonds is 5. The van der Waals surface area contributed by atoms with E-state index in [1.54, 1.807) is 12.1 Å². The maximum Gasteiger partial charge on any atom is 0.325 e. The molecule has 0 saturated carbocycles. The largest absolute Gasteiger partial charge is 0.491 e. The number of nitrogens with zero attached hydrogens (tertiary/aromatic N) is 1. The average Bonchev–Trinajstić information content (AvgIpc) is 2.90. The number of imide groups is 1. The van der Waals surface area contributed by atoms with Crippen molar-refractivity contribution in [1.82, 2.24) is 10.2 Å². The van der Waals surface area contributed by atoms with Crippen molar-refractivity contribution in [2.24, 2.45) is 0 Å². The predicted octanol–water partition coefficient (Wildman–Crippen LogP) is 2.67. The van der Waals surface area contributed by atoms with Gasteiger partial charge in [-0.15, -0.1) is 0 Å². The predicted molar refractivity (Wildman–Crippen MR) is 107 cm³/mol. The van der Waals surface area contributed by atoms with E-state index in [0.717, 1.165) is 21.4 Å². The molecule has 146 valence electrons. The molecular weight excluding hydrogens is 424 g/mol. The van der Waals surface area contributed by atoms with E-state index in [9.17, 15) is 14.7 Å². The van der Waals surface area contributed by atoms with Gasteiger partial charge in [0, 0.05) is 10.9 Å². The van der Waals surface area contributed by atoms with Crippen molar-refractivity contribution < 1.29 is 19.4 Å². The van der Waals surface area contributed by atoms with Crippen molar-refractivity contribution in [3.8, 4) is 5.75 Å². The number of nitrogens with one attached hydrogen (secondary N) is 1. The molecule has 4 rings (SSSR count). The zero-order valence-corrected chi connectivity index (χ0v) is 16.8. The van der Waals surface area contributed by atoms with Crippen molar-refractivity contribution in [2.45, 2.75) is 30.9 Å². The van der Waals surface area contributed by atoms with Crippen LogP contribution >= 0.6 is 15.9 Å². The molecule has 1 aliphatic heterocycles. The summed E-state index contributed by atoms with van der Waals surface area (Å²) in [5, 5.41) is 13.2. The molecule has 2 atom stereocenters. The van der Waals surface area contributed by atoms with Crippen molar-refractivity contribution in [2.75, 3.05) is 13.2 Å². The van der Waals surface area contributed by atoms with Crippen LogP contribution in [0.1, 0.15) is 17.5 Å². The number of carbonyl (C=O) groups excluding carboxylic acids is 2. The first-order valence-corrected chi connectivity index (χ1v) is 10.0. The highest BCUT2D eigenvalue weighted by molar-refractivity contribution is 9.10. The number of aliphatic hydroxyl groups excluding tert-OH is 1. The molecule has 0 aromatic heterocycles. The van der Waals surface area contributed by atoms with Crippen molar-refractivity contribution in [3.63, 3.8) is 0 Å². The summed E-state index contributed by atoms with van der Waals surface area (Å²) in [7, 11) is 0. The summed E-state index contributed by atoms with van der Waals surface area (Å²) in [5.41, 5.74) is 1.40. The van der Waals surface area contributed by atoms with Crippen LogP contribution < -0.4 is 10.1 Å². The smallest absolute Gasteiger partial charge is 0.325 e. The number of aliphatic hydroxyl groups is 1. The Morgan fingerprint density at radius 1 is 1.18 bits per heavy atom. The number of hydrogen-bond acceptors (Lipinski definition) is 4. The summed E-state index contributed by atoms with van der Waals surface area (Å²) in [6, 6.07) is 14.8. The van der Waals surface area contributed by atoms with Crippen molar-refractivity contribution >= 4 is 27.9 Å². The topological polar surface area (TPSA) is 78.9 Å². The van der Waals surface area contributed by atoms with Crippen molar-refractivity contribution in [3.05, 3.63) is 64.1 Å². The second-order valence-electron chi connectivity index (χ2n) is 7.30. The van der Waals surface area contributed by atoms with E-state index in [4.69, 9.17) is 4.74 Å². The SMILES string of the molecule is O=C1NC2(CCc3ccccc3C2)C(=O)N1CC(O)COc1cccc(Br)c1. The molecule has 28 heavy (non-hydrogen) atoms. The van der Waals surface area contributed by atoms with Gasteiger partial charge in [0.2, 0.25) is 0 Å². The third kappa shape index (κ3) is 3.64. The maximum atomic E-state index is 13.0. The van der Waals surface area contributed by atoms with E-state index >= 15 is 0 Å². The molecule has 2 aliphatic rings. The Kier molecular flexibility index (Phi) is 5.12. The van der Waals surface area contributed by atoms with Crippen LogP contribution in [0.5, 0.6) is 5.75 Å². The van der Waals surface area contributed by atoms with Gasteiger partial charge in [-0.1, -0.05) is 46.3 Å². The normalized spacial score (nSPS) is 22.1. The highest BCUT2D eigenvalue weighted by Gasteiger charge is 2.52. The molecule has 2 unspecified atom stereocenters. The van der Waals surface area contributed by atoms with Gasteiger partial charge in [-0.2, -0.15) is 0 Å². The average molecular weight is 445 g/mol. The van der Waals surface area contributed by atoms with E-state index in [2.05, 4.69) is 27.3 Å². The lowest BCUT2D eigenvalue weighted by Gasteiger charge is -2.32. The van der Waals surface area contributed by atoms with Gasteiger partial charge in [0.15, 0.2) is 0 Å². The Morgan fingerprint density at radius 2 is 1.96 bits per heavy atom. The minimum absolute atomic E-state index is 0.0106. The van der Waals surface area contributed by atoms with E-state index in [1.165, 1.54) is 5.56 Å². The van der Waals surface area contributed by atoms with Crippen LogP contribution in [0.4, 0.5) is 4.79 Å². The van der Waals surface area contributed by atoms with Crippen LogP contribution in [0.15, 0.2) is 53.0 Å². The zero-order chi connectivity index (χ0) is 19.7. The van der Waals surface area contributed by atoms with Crippen LogP contribution in [0, 0.1) is 0 Å². The summed E-state index contributed by atoms with van der Waals surface area (Å²) in [6.07, 6.45) is 0.814. The molecule has 1 aliphatic carbocycles. The van der Waals surface area contributed by atoms with E-state index in [0.29, 0.717) is 18.6 Å². The lowest BCUT2D eigenvalue weighted by Crippen LogP contribution is -2.51. The minimum Gasteiger partial charge on any atom is -0.491 e. The minimum atomic E-state index is -0.972. The highest BCUT2D eigenvalue weighted by Crippen LogP contribution is 2.33. The Labute approximate surface area is 171 Å². The lowest BCUT2D eigenvalue weighted by molar-refractivity contribution is -0.132. The van der Waals surface area contributed by atoms with Crippen molar-refractivity contribution in [1.29, 1.82) is 0 Å². The second kappa shape index (κ2) is 7.56. The van der Waals surface area contributed by atoms with Crippen LogP contribution in [0.2, 0.25) is 0 Å². The van der Waals surface area contributed by atoms with Gasteiger partial charge in [0.25, 0.3) is 5.91 Å². The molecular formula is C21H21BrN2O4. The number of fused-ring (bicyclic) bond motifs is 1. The monoisotopic (exact) mass is 444 g/mol. The number of benzene rings is 2. The molecule has 1 saturated heterocycles. The molecule has 3 amide bonds. The quantitative estimate of drug-likeness (QED) is 0.694. The molecule has 2 aromatic carbocycles. The van der Waals surface area contributed by atoms with Crippen LogP contribution in [0.3, 0.4) is 0 Å². The molecule has 6 nitrogen and oxygen atoms in total. The number of halogens is 1. The van der Waals surface area contributed by atoms with Gasteiger partial charge in [-0.3, -0.25) is 9.69 Å². The van der Waals surface area contributed by atoms with Gasteiger partial charge < -0.3 is 15.2 Å². The van der Waals surface area contributed by atoms with Gasteiger partial charge in [-0.05, 0) is 42.2 Å². The number of urea groups is 1. The molecule has 1 spiro atoms. The summed E-state index contributed by atoms with van der Waals surface area (Å²) >= 11 is 3.36. The number of amides is 3. The fourth-order valence-corrected chi connectivity index (χ4v) is 4.26. The summed E-state index contributed by atoms with van der Waals surface area (Å²) < 4.78 is 6.43. The Balaban J connectivity index is 1.40. The Hall–Kier alpha value is -2.38. The third-order valence-electron chi connectivity index (χ3n) is 5.31. The number of carbonyl (C=O) groups is 2. The number of ether oxygens (including phenoxy) is 1. The van der Waals surface area contributed by atoms with E-state index in [-0.39, 0.29) is 19.1 Å². The van der Waals surface area contributed by atoms with Gasteiger partial charge >= 0.3 is 6.03 Å². The number of β-amino-alcohol motifs (C(OH)–C–C–N with tert-alkyl or cyclic N) is 1. The lowest BCUT2D eigenvalue weighted by atomic mass is 9.78. The molecule has 0 radical (unpaired) electrons. The zero-order valence-electron chi connectivity index (χ0n) is 15.2. The molecule has 0 bridgehead atoms. The van der Waals surface area contributed by atoms with Gasteiger partial charge in [0.1, 0.15) is 24.0 Å². The number of hydrogen-bond donors (Lipinski definition) is 2.